The normalized spacial score (nSPS) is 27.1. The van der Waals surface area contributed by atoms with Crippen LogP contribution < -0.4 is 5.73 Å². The molecule has 0 aromatic heterocycles. The smallest absolute Gasteiger partial charge is 0.00430 e. The summed E-state index contributed by atoms with van der Waals surface area (Å²) in [4.78, 5) is 0. The summed E-state index contributed by atoms with van der Waals surface area (Å²) in [5, 5.41) is 0. The number of nitrogens with two attached hydrogens (primary N) is 1. The van der Waals surface area contributed by atoms with Crippen molar-refractivity contribution in [2.24, 2.45) is 23.5 Å². The molecule has 0 heterocycles. The molecule has 1 saturated carbocycles. The third kappa shape index (κ3) is 3.09. The van der Waals surface area contributed by atoms with Crippen LogP contribution in [-0.2, 0) is 0 Å². The highest BCUT2D eigenvalue weighted by atomic mass is 14.6. The maximum absolute atomic E-state index is 6.07. The Balaban J connectivity index is 2.33. The fourth-order valence-corrected chi connectivity index (χ4v) is 3.92. The van der Waals surface area contributed by atoms with Crippen LogP contribution in [0.5, 0.6) is 0 Å². The fraction of sp³-hybridized carbons (Fsp3) is 0.684. The summed E-state index contributed by atoms with van der Waals surface area (Å²) in [5.74, 6) is 3.00. The van der Waals surface area contributed by atoms with Crippen molar-refractivity contribution in [3.8, 4) is 0 Å². The van der Waals surface area contributed by atoms with E-state index in [1.54, 1.807) is 5.56 Å². The molecular formula is C19H31N. The third-order valence-corrected chi connectivity index (χ3v) is 5.56. The Kier molecular flexibility index (Phi) is 4.90. The number of aryl methyl sites for hydroxylation is 3. The van der Waals surface area contributed by atoms with Gasteiger partial charge in [-0.25, -0.2) is 0 Å². The van der Waals surface area contributed by atoms with Gasteiger partial charge in [0.2, 0.25) is 0 Å². The van der Waals surface area contributed by atoms with E-state index in [1.165, 1.54) is 36.0 Å². The fourth-order valence-electron chi connectivity index (χ4n) is 3.92. The topological polar surface area (TPSA) is 26.0 Å². The van der Waals surface area contributed by atoms with Crippen molar-refractivity contribution in [2.45, 2.75) is 59.8 Å². The summed E-state index contributed by atoms with van der Waals surface area (Å²) in [6.45, 7) is 12.3. The molecule has 0 aliphatic heterocycles. The molecule has 1 aromatic carbocycles. The Morgan fingerprint density at radius 3 is 2.30 bits per heavy atom. The van der Waals surface area contributed by atoms with E-state index >= 15 is 0 Å². The lowest BCUT2D eigenvalue weighted by Crippen LogP contribution is -2.31. The first-order valence-electron chi connectivity index (χ1n) is 8.21. The van der Waals surface area contributed by atoms with E-state index in [0.29, 0.717) is 11.8 Å². The second kappa shape index (κ2) is 6.30. The largest absolute Gasteiger partial charge is 0.330 e. The van der Waals surface area contributed by atoms with E-state index in [-0.39, 0.29) is 0 Å². The third-order valence-electron chi connectivity index (χ3n) is 5.56. The molecule has 2 rings (SSSR count). The molecule has 0 spiro atoms. The lowest BCUT2D eigenvalue weighted by Gasteiger charge is -2.38. The summed E-state index contributed by atoms with van der Waals surface area (Å²) in [6.07, 6.45) is 3.99. The molecule has 0 amide bonds. The standard InChI is InChI=1S/C19H31N/c1-12(2)16-6-7-17(11-20)19(10-16)18-9-14(4)13(3)8-15(18)5/h8-9,12,16-17,19H,6-7,10-11,20H2,1-5H3. The minimum Gasteiger partial charge on any atom is -0.330 e. The molecule has 1 aliphatic rings. The molecule has 20 heavy (non-hydrogen) atoms. The summed E-state index contributed by atoms with van der Waals surface area (Å²) in [5.41, 5.74) is 11.9. The van der Waals surface area contributed by atoms with Crippen LogP contribution in [-0.4, -0.2) is 6.54 Å². The predicted octanol–water partition coefficient (Wildman–Crippen LogP) is 4.73. The molecule has 3 unspecified atom stereocenters. The molecule has 1 fully saturated rings. The van der Waals surface area contributed by atoms with Crippen molar-refractivity contribution in [3.63, 3.8) is 0 Å². The first kappa shape index (κ1) is 15.6. The molecule has 1 aromatic rings. The van der Waals surface area contributed by atoms with Gasteiger partial charge in [0.25, 0.3) is 0 Å². The maximum atomic E-state index is 6.07. The van der Waals surface area contributed by atoms with Crippen LogP contribution in [0.4, 0.5) is 0 Å². The van der Waals surface area contributed by atoms with E-state index in [1.807, 2.05) is 0 Å². The van der Waals surface area contributed by atoms with Crippen molar-refractivity contribution < 1.29 is 0 Å². The monoisotopic (exact) mass is 273 g/mol. The average molecular weight is 273 g/mol. The minimum absolute atomic E-state index is 0.667. The molecule has 0 bridgehead atoms. The van der Waals surface area contributed by atoms with Crippen LogP contribution in [0.15, 0.2) is 12.1 Å². The van der Waals surface area contributed by atoms with Gasteiger partial charge in [0, 0.05) is 0 Å². The zero-order valence-electron chi connectivity index (χ0n) is 13.9. The summed E-state index contributed by atoms with van der Waals surface area (Å²) >= 11 is 0. The molecule has 0 saturated heterocycles. The summed E-state index contributed by atoms with van der Waals surface area (Å²) in [7, 11) is 0. The van der Waals surface area contributed by atoms with E-state index in [2.05, 4.69) is 46.8 Å². The lowest BCUT2D eigenvalue weighted by atomic mass is 9.67. The lowest BCUT2D eigenvalue weighted by molar-refractivity contribution is 0.197. The van der Waals surface area contributed by atoms with Gasteiger partial charge in [-0.15, -0.1) is 0 Å². The predicted molar refractivity (Wildman–Crippen MR) is 88.1 cm³/mol. The van der Waals surface area contributed by atoms with Crippen LogP contribution in [0, 0.1) is 38.5 Å². The Bertz CT molecular complexity index is 461. The zero-order chi connectivity index (χ0) is 14.9. The van der Waals surface area contributed by atoms with Crippen molar-refractivity contribution in [3.05, 3.63) is 34.4 Å². The molecule has 1 heteroatoms. The van der Waals surface area contributed by atoms with Gasteiger partial charge in [0.15, 0.2) is 0 Å². The Labute approximate surface area is 125 Å². The van der Waals surface area contributed by atoms with Crippen molar-refractivity contribution in [1.82, 2.24) is 0 Å². The molecule has 3 atom stereocenters. The van der Waals surface area contributed by atoms with E-state index in [0.717, 1.165) is 18.4 Å². The number of hydrogen-bond acceptors (Lipinski definition) is 1. The molecule has 1 aliphatic carbocycles. The Morgan fingerprint density at radius 2 is 1.70 bits per heavy atom. The number of hydrogen-bond donors (Lipinski definition) is 1. The van der Waals surface area contributed by atoms with Gasteiger partial charge in [0.1, 0.15) is 0 Å². The minimum atomic E-state index is 0.667. The molecule has 2 N–H and O–H groups in total. The van der Waals surface area contributed by atoms with Gasteiger partial charge in [-0.05, 0) is 92.5 Å². The second-order valence-electron chi connectivity index (χ2n) is 7.21. The highest BCUT2D eigenvalue weighted by molar-refractivity contribution is 5.39. The molecule has 0 radical (unpaired) electrons. The van der Waals surface area contributed by atoms with Crippen molar-refractivity contribution in [2.75, 3.05) is 6.54 Å². The molecule has 1 nitrogen and oxygen atoms in total. The van der Waals surface area contributed by atoms with E-state index in [4.69, 9.17) is 5.73 Å². The molecular weight excluding hydrogens is 242 g/mol. The first-order chi connectivity index (χ1) is 9.43. The number of benzene rings is 1. The van der Waals surface area contributed by atoms with Gasteiger partial charge in [-0.3, -0.25) is 0 Å². The average Bonchev–Trinajstić information content (AvgIpc) is 2.42. The quantitative estimate of drug-likeness (QED) is 0.846. The first-order valence-corrected chi connectivity index (χ1v) is 8.21. The van der Waals surface area contributed by atoms with Crippen LogP contribution in [0.2, 0.25) is 0 Å². The molecule has 112 valence electrons. The summed E-state index contributed by atoms with van der Waals surface area (Å²) in [6, 6.07) is 4.79. The van der Waals surface area contributed by atoms with Gasteiger partial charge >= 0.3 is 0 Å². The highest BCUT2D eigenvalue weighted by Crippen LogP contribution is 2.44. The Hall–Kier alpha value is -0.820. The van der Waals surface area contributed by atoms with Gasteiger partial charge in [-0.1, -0.05) is 26.0 Å². The van der Waals surface area contributed by atoms with Crippen LogP contribution in [0.1, 0.15) is 61.3 Å². The van der Waals surface area contributed by atoms with E-state index in [9.17, 15) is 0 Å². The van der Waals surface area contributed by atoms with Crippen molar-refractivity contribution in [1.29, 1.82) is 0 Å². The highest BCUT2D eigenvalue weighted by Gasteiger charge is 2.32. The van der Waals surface area contributed by atoms with Gasteiger partial charge < -0.3 is 5.73 Å². The number of rotatable bonds is 3. The van der Waals surface area contributed by atoms with Crippen LogP contribution >= 0.6 is 0 Å². The Morgan fingerprint density at radius 1 is 1.05 bits per heavy atom. The summed E-state index contributed by atoms with van der Waals surface area (Å²) < 4.78 is 0. The maximum Gasteiger partial charge on any atom is -0.00430 e. The van der Waals surface area contributed by atoms with Gasteiger partial charge in [0.05, 0.1) is 0 Å². The van der Waals surface area contributed by atoms with Crippen LogP contribution in [0.25, 0.3) is 0 Å². The van der Waals surface area contributed by atoms with Crippen LogP contribution in [0.3, 0.4) is 0 Å². The second-order valence-corrected chi connectivity index (χ2v) is 7.21. The zero-order valence-corrected chi connectivity index (χ0v) is 13.9. The van der Waals surface area contributed by atoms with Gasteiger partial charge in [-0.2, -0.15) is 0 Å². The van der Waals surface area contributed by atoms with E-state index < -0.39 is 0 Å². The SMILES string of the molecule is Cc1cc(C)c(C2CC(C(C)C)CCC2CN)cc1C. The van der Waals surface area contributed by atoms with Crippen molar-refractivity contribution >= 4 is 0 Å².